The predicted molar refractivity (Wildman–Crippen MR) is 45.3 cm³/mol. The second kappa shape index (κ2) is 4.04. The quantitative estimate of drug-likeness (QED) is 0.474. The van der Waals surface area contributed by atoms with Crippen molar-refractivity contribution >= 4 is 5.78 Å². The number of alkyl halides is 3. The van der Waals surface area contributed by atoms with Crippen molar-refractivity contribution in [1.82, 2.24) is 0 Å². The maximum atomic E-state index is 12.2. The summed E-state index contributed by atoms with van der Waals surface area (Å²) in [5.41, 5.74) is 0. The first kappa shape index (κ1) is 11.1. The summed E-state index contributed by atoms with van der Waals surface area (Å²) in [6.45, 7) is 0. The van der Waals surface area contributed by atoms with Gasteiger partial charge in [0.1, 0.15) is 0 Å². The molecule has 0 bridgehead atoms. The van der Waals surface area contributed by atoms with E-state index >= 15 is 0 Å². The Labute approximate surface area is 80.7 Å². The molecular formula is C10H11F3O. The van der Waals surface area contributed by atoms with Crippen LogP contribution in [0.2, 0.25) is 0 Å². The summed E-state index contributed by atoms with van der Waals surface area (Å²) in [7, 11) is 0. The van der Waals surface area contributed by atoms with E-state index in [9.17, 15) is 18.0 Å². The van der Waals surface area contributed by atoms with E-state index in [2.05, 4.69) is 0 Å². The maximum absolute atomic E-state index is 12.2. The third-order valence-corrected chi connectivity index (χ3v) is 2.70. The molecule has 1 fully saturated rings. The molecule has 0 atom stereocenters. The Kier molecular flexibility index (Phi) is 3.20. The summed E-state index contributed by atoms with van der Waals surface area (Å²) in [5, 5.41) is 0. The minimum absolute atomic E-state index is 0.0294. The highest BCUT2D eigenvalue weighted by Crippen LogP contribution is 2.39. The summed E-state index contributed by atoms with van der Waals surface area (Å²) >= 11 is 0. The molecule has 0 aliphatic heterocycles. The topological polar surface area (TPSA) is 17.1 Å². The van der Waals surface area contributed by atoms with Gasteiger partial charge in [-0.3, -0.25) is 4.79 Å². The first-order valence-electron chi connectivity index (χ1n) is 4.52. The van der Waals surface area contributed by atoms with Crippen LogP contribution in [0, 0.1) is 24.2 Å². The van der Waals surface area contributed by atoms with Gasteiger partial charge < -0.3 is 0 Å². The van der Waals surface area contributed by atoms with E-state index in [-0.39, 0.29) is 37.4 Å². The fraction of sp³-hybridized carbons (Fsp3) is 0.700. The molecule has 0 aromatic rings. The Morgan fingerprint density at radius 1 is 1.21 bits per heavy atom. The van der Waals surface area contributed by atoms with Crippen LogP contribution in [-0.2, 0) is 4.79 Å². The second-order valence-corrected chi connectivity index (χ2v) is 3.60. The average Bonchev–Trinajstić information content (AvgIpc) is 2.15. The van der Waals surface area contributed by atoms with Crippen molar-refractivity contribution < 1.29 is 18.0 Å². The predicted octanol–water partition coefficient (Wildman–Crippen LogP) is 2.56. The van der Waals surface area contributed by atoms with Crippen LogP contribution in [0.25, 0.3) is 0 Å². The molecule has 0 radical (unpaired) electrons. The first-order valence-corrected chi connectivity index (χ1v) is 4.52. The molecule has 1 rings (SSSR count). The van der Waals surface area contributed by atoms with Gasteiger partial charge in [0, 0.05) is 5.92 Å². The maximum Gasteiger partial charge on any atom is 0.391 e. The Morgan fingerprint density at radius 3 is 2.07 bits per heavy atom. The van der Waals surface area contributed by atoms with Crippen LogP contribution in [0.3, 0.4) is 0 Å². The molecule has 0 amide bonds. The average molecular weight is 204 g/mol. The fourth-order valence-corrected chi connectivity index (χ4v) is 1.80. The van der Waals surface area contributed by atoms with Crippen LogP contribution in [0.4, 0.5) is 13.2 Å². The van der Waals surface area contributed by atoms with Crippen LogP contribution in [0.5, 0.6) is 0 Å². The van der Waals surface area contributed by atoms with Crippen molar-refractivity contribution in [2.45, 2.75) is 31.9 Å². The number of hydrogen-bond donors (Lipinski definition) is 0. The molecule has 0 aromatic carbocycles. The Hall–Kier alpha value is -0.980. The molecule has 1 aliphatic rings. The first-order chi connectivity index (χ1) is 6.45. The van der Waals surface area contributed by atoms with E-state index in [0.29, 0.717) is 0 Å². The number of ketones is 1. The third kappa shape index (κ3) is 2.50. The number of Topliss-reactive ketones (excluding diaryl/α,β-unsaturated/α-hetero) is 1. The molecule has 1 aliphatic carbocycles. The summed E-state index contributed by atoms with van der Waals surface area (Å²) in [6.07, 6.45) is 1.38. The van der Waals surface area contributed by atoms with Crippen LogP contribution < -0.4 is 0 Å². The number of halogens is 3. The van der Waals surface area contributed by atoms with Crippen molar-refractivity contribution in [3.8, 4) is 12.3 Å². The fourth-order valence-electron chi connectivity index (χ4n) is 1.80. The molecule has 0 aromatic heterocycles. The van der Waals surface area contributed by atoms with Crippen LogP contribution in [-0.4, -0.2) is 12.0 Å². The lowest BCUT2D eigenvalue weighted by atomic mass is 9.80. The smallest absolute Gasteiger partial charge is 0.285 e. The van der Waals surface area contributed by atoms with Gasteiger partial charge in [0.2, 0.25) is 5.78 Å². The van der Waals surface area contributed by atoms with Gasteiger partial charge in [-0.05, 0) is 31.6 Å². The van der Waals surface area contributed by atoms with E-state index in [1.807, 2.05) is 5.92 Å². The molecule has 0 saturated heterocycles. The lowest BCUT2D eigenvalue weighted by molar-refractivity contribution is -0.184. The molecule has 14 heavy (non-hydrogen) atoms. The van der Waals surface area contributed by atoms with Crippen molar-refractivity contribution in [3.63, 3.8) is 0 Å². The zero-order chi connectivity index (χ0) is 10.8. The third-order valence-electron chi connectivity index (χ3n) is 2.70. The van der Waals surface area contributed by atoms with Crippen LogP contribution >= 0.6 is 0 Å². The van der Waals surface area contributed by atoms with Crippen LogP contribution in [0.15, 0.2) is 0 Å². The Morgan fingerprint density at radius 2 is 1.71 bits per heavy atom. The molecule has 78 valence electrons. The van der Waals surface area contributed by atoms with Crippen molar-refractivity contribution in [2.75, 3.05) is 0 Å². The van der Waals surface area contributed by atoms with E-state index < -0.39 is 12.1 Å². The number of hydrogen-bond acceptors (Lipinski definition) is 1. The van der Waals surface area contributed by atoms with E-state index in [1.54, 1.807) is 0 Å². The molecule has 0 spiro atoms. The van der Waals surface area contributed by atoms with Crippen molar-refractivity contribution in [1.29, 1.82) is 0 Å². The minimum Gasteiger partial charge on any atom is -0.285 e. The number of terminal acetylenes is 1. The Balaban J connectivity index is 2.48. The van der Waals surface area contributed by atoms with Gasteiger partial charge in [-0.1, -0.05) is 0 Å². The molecule has 0 unspecified atom stereocenters. The highest BCUT2D eigenvalue weighted by molar-refractivity contribution is 5.96. The highest BCUT2D eigenvalue weighted by Gasteiger charge is 2.42. The van der Waals surface area contributed by atoms with E-state index in [0.717, 1.165) is 0 Å². The normalized spacial score (nSPS) is 28.1. The SMILES string of the molecule is C#CC(=O)C1CCC(C(F)(F)F)CC1. The van der Waals surface area contributed by atoms with Gasteiger partial charge in [0.25, 0.3) is 0 Å². The lowest BCUT2D eigenvalue weighted by Crippen LogP contribution is -2.29. The second-order valence-electron chi connectivity index (χ2n) is 3.60. The molecule has 0 heterocycles. The minimum atomic E-state index is -4.12. The summed E-state index contributed by atoms with van der Waals surface area (Å²) in [4.78, 5) is 11.0. The largest absolute Gasteiger partial charge is 0.391 e. The zero-order valence-corrected chi connectivity index (χ0v) is 7.60. The van der Waals surface area contributed by atoms with Gasteiger partial charge in [-0.25, -0.2) is 0 Å². The molecule has 4 heteroatoms. The van der Waals surface area contributed by atoms with Crippen molar-refractivity contribution in [2.24, 2.45) is 11.8 Å². The standard InChI is InChI=1S/C10H11F3O/c1-2-9(14)7-3-5-8(6-4-7)10(11,12)13/h1,7-8H,3-6H2. The Bertz CT molecular complexity index is 254. The monoisotopic (exact) mass is 204 g/mol. The molecule has 1 saturated carbocycles. The molecule has 1 nitrogen and oxygen atoms in total. The molecular weight excluding hydrogens is 193 g/mol. The van der Waals surface area contributed by atoms with Crippen LogP contribution in [0.1, 0.15) is 25.7 Å². The van der Waals surface area contributed by atoms with Gasteiger partial charge in [-0.15, -0.1) is 6.42 Å². The number of carbonyl (C=O) groups is 1. The van der Waals surface area contributed by atoms with Gasteiger partial charge >= 0.3 is 6.18 Å². The summed E-state index contributed by atoms with van der Waals surface area (Å²) < 4.78 is 36.7. The van der Waals surface area contributed by atoms with Gasteiger partial charge in [0.05, 0.1) is 5.92 Å². The summed E-state index contributed by atoms with van der Waals surface area (Å²) in [5.74, 6) is 0.0177. The summed E-state index contributed by atoms with van der Waals surface area (Å²) in [6, 6.07) is 0. The highest BCUT2D eigenvalue weighted by atomic mass is 19.4. The van der Waals surface area contributed by atoms with Gasteiger partial charge in [0.15, 0.2) is 0 Å². The number of carbonyl (C=O) groups excluding carboxylic acids is 1. The lowest BCUT2D eigenvalue weighted by Gasteiger charge is -2.27. The zero-order valence-electron chi connectivity index (χ0n) is 7.60. The molecule has 0 N–H and O–H groups in total. The van der Waals surface area contributed by atoms with E-state index in [1.165, 1.54) is 0 Å². The van der Waals surface area contributed by atoms with Gasteiger partial charge in [-0.2, -0.15) is 13.2 Å². The number of rotatable bonds is 1. The van der Waals surface area contributed by atoms with Crippen molar-refractivity contribution in [3.05, 3.63) is 0 Å². The van der Waals surface area contributed by atoms with E-state index in [4.69, 9.17) is 6.42 Å².